The Bertz CT molecular complexity index is 321. The first kappa shape index (κ1) is 12.0. The van der Waals surface area contributed by atoms with Gasteiger partial charge in [0, 0.05) is 18.6 Å². The molecule has 2 heterocycles. The molecule has 0 aromatic carbocycles. The molecule has 98 valence electrons. The molecule has 2 unspecified atom stereocenters. The lowest BCUT2D eigenvalue weighted by atomic mass is 9.73. The molecule has 0 radical (unpaired) electrons. The molecule has 0 amide bonds. The van der Waals surface area contributed by atoms with E-state index in [4.69, 9.17) is 0 Å². The number of fused-ring (bicyclic) bond motifs is 1. The Morgan fingerprint density at radius 3 is 2.65 bits per heavy atom. The molecule has 3 rings (SSSR count). The normalized spacial score (nSPS) is 39.9. The van der Waals surface area contributed by atoms with Crippen LogP contribution in [-0.4, -0.2) is 29.7 Å². The molecule has 3 aliphatic rings. The first-order valence-corrected chi connectivity index (χ1v) is 7.28. The average Bonchev–Trinajstić information content (AvgIpc) is 2.79. The van der Waals surface area contributed by atoms with Crippen LogP contribution < -0.4 is 0 Å². The molecular weight excluding hydrogens is 213 g/mol. The zero-order valence-corrected chi connectivity index (χ0v) is 11.6. The maximum absolute atomic E-state index is 13.8. The third-order valence-corrected chi connectivity index (χ3v) is 5.64. The molecule has 2 aliphatic heterocycles. The summed E-state index contributed by atoms with van der Waals surface area (Å²) in [4.78, 5) is 2.52. The number of hydrogen-bond acceptors (Lipinski definition) is 1. The van der Waals surface area contributed by atoms with Crippen LogP contribution >= 0.6 is 0 Å². The highest BCUT2D eigenvalue weighted by molar-refractivity contribution is 5.16. The minimum absolute atomic E-state index is 0.218. The van der Waals surface area contributed by atoms with Gasteiger partial charge in [-0.15, -0.1) is 0 Å². The van der Waals surface area contributed by atoms with E-state index in [2.05, 4.69) is 25.7 Å². The van der Waals surface area contributed by atoms with Crippen molar-refractivity contribution in [2.75, 3.05) is 13.1 Å². The summed E-state index contributed by atoms with van der Waals surface area (Å²) in [5.41, 5.74) is 1.20. The van der Waals surface area contributed by atoms with Gasteiger partial charge >= 0.3 is 0 Å². The fraction of sp³-hybridized carbons (Fsp3) is 1.00. The molecule has 0 aromatic heterocycles. The second-order valence-corrected chi connectivity index (χ2v) is 7.78. The summed E-state index contributed by atoms with van der Waals surface area (Å²) in [6.45, 7) is 8.87. The molecule has 0 N–H and O–H groups in total. The summed E-state index contributed by atoms with van der Waals surface area (Å²) in [6, 6.07) is 0. The van der Waals surface area contributed by atoms with Crippen LogP contribution in [0.4, 0.5) is 4.39 Å². The standard InChI is InChI=1S/C15H26FN/c1-4-13(2,3)9-15-7-12(16)8-17(15)11-14(10-15)5-6-14/h12H,4-11H2,1-3H3. The summed E-state index contributed by atoms with van der Waals surface area (Å²) in [5.74, 6) is 0. The third-order valence-electron chi connectivity index (χ3n) is 5.64. The Morgan fingerprint density at radius 2 is 2.06 bits per heavy atom. The monoisotopic (exact) mass is 239 g/mol. The molecule has 2 saturated heterocycles. The van der Waals surface area contributed by atoms with Gasteiger partial charge in [0.05, 0.1) is 0 Å². The van der Waals surface area contributed by atoms with Crippen LogP contribution in [0.2, 0.25) is 0 Å². The minimum Gasteiger partial charge on any atom is -0.294 e. The SMILES string of the molecule is CCC(C)(C)CC12CC(F)CN1CC1(CC1)C2. The lowest BCUT2D eigenvalue weighted by molar-refractivity contribution is 0.118. The topological polar surface area (TPSA) is 3.24 Å². The van der Waals surface area contributed by atoms with Crippen molar-refractivity contribution in [2.45, 2.75) is 71.0 Å². The largest absolute Gasteiger partial charge is 0.294 e. The van der Waals surface area contributed by atoms with E-state index < -0.39 is 6.17 Å². The van der Waals surface area contributed by atoms with Gasteiger partial charge in [0.1, 0.15) is 6.17 Å². The first-order valence-electron chi connectivity index (χ1n) is 7.28. The van der Waals surface area contributed by atoms with Gasteiger partial charge in [0.2, 0.25) is 0 Å². The van der Waals surface area contributed by atoms with Crippen molar-refractivity contribution < 1.29 is 4.39 Å². The highest BCUT2D eigenvalue weighted by Gasteiger charge is 2.62. The molecule has 2 heteroatoms. The Morgan fingerprint density at radius 1 is 1.35 bits per heavy atom. The second kappa shape index (κ2) is 3.46. The van der Waals surface area contributed by atoms with Gasteiger partial charge in [-0.1, -0.05) is 27.2 Å². The Balaban J connectivity index is 1.82. The van der Waals surface area contributed by atoms with Gasteiger partial charge in [-0.25, -0.2) is 4.39 Å². The zero-order valence-electron chi connectivity index (χ0n) is 11.6. The second-order valence-electron chi connectivity index (χ2n) is 7.78. The van der Waals surface area contributed by atoms with Crippen molar-refractivity contribution in [3.05, 3.63) is 0 Å². The predicted octanol–water partition coefficient (Wildman–Crippen LogP) is 3.78. The van der Waals surface area contributed by atoms with Gasteiger partial charge in [0.15, 0.2) is 0 Å². The van der Waals surface area contributed by atoms with Crippen LogP contribution in [0, 0.1) is 10.8 Å². The number of rotatable bonds is 3. The molecule has 17 heavy (non-hydrogen) atoms. The predicted molar refractivity (Wildman–Crippen MR) is 68.8 cm³/mol. The maximum Gasteiger partial charge on any atom is 0.115 e. The van der Waals surface area contributed by atoms with E-state index in [0.29, 0.717) is 17.4 Å². The molecule has 1 aliphatic carbocycles. The fourth-order valence-electron chi connectivity index (χ4n) is 4.39. The summed E-state index contributed by atoms with van der Waals surface area (Å²) < 4.78 is 13.8. The highest BCUT2D eigenvalue weighted by atomic mass is 19.1. The van der Waals surface area contributed by atoms with Crippen LogP contribution in [0.3, 0.4) is 0 Å². The highest BCUT2D eigenvalue weighted by Crippen LogP contribution is 2.63. The van der Waals surface area contributed by atoms with E-state index in [9.17, 15) is 4.39 Å². The van der Waals surface area contributed by atoms with Crippen LogP contribution in [0.1, 0.15) is 59.3 Å². The maximum atomic E-state index is 13.8. The Hall–Kier alpha value is -0.110. The number of halogens is 1. The molecule has 1 spiro atoms. The minimum atomic E-state index is -0.571. The number of nitrogens with zero attached hydrogens (tertiary/aromatic N) is 1. The lowest BCUT2D eigenvalue weighted by Crippen LogP contribution is -2.41. The summed E-state index contributed by atoms with van der Waals surface area (Å²) in [5, 5.41) is 0. The van der Waals surface area contributed by atoms with E-state index in [1.54, 1.807) is 0 Å². The van der Waals surface area contributed by atoms with Gasteiger partial charge in [-0.3, -0.25) is 4.90 Å². The molecule has 1 saturated carbocycles. The van der Waals surface area contributed by atoms with E-state index in [1.165, 1.54) is 38.6 Å². The molecule has 3 fully saturated rings. The molecule has 2 atom stereocenters. The molecule has 0 bridgehead atoms. The summed E-state index contributed by atoms with van der Waals surface area (Å²) in [7, 11) is 0. The van der Waals surface area contributed by atoms with Gasteiger partial charge in [-0.2, -0.15) is 0 Å². The van der Waals surface area contributed by atoms with E-state index in [0.717, 1.165) is 6.42 Å². The van der Waals surface area contributed by atoms with Crippen molar-refractivity contribution in [1.82, 2.24) is 4.90 Å². The Labute approximate surface area is 105 Å². The first-order chi connectivity index (χ1) is 7.89. The van der Waals surface area contributed by atoms with E-state index >= 15 is 0 Å². The van der Waals surface area contributed by atoms with Crippen molar-refractivity contribution in [3.8, 4) is 0 Å². The number of hydrogen-bond donors (Lipinski definition) is 0. The van der Waals surface area contributed by atoms with Crippen LogP contribution in [0.25, 0.3) is 0 Å². The molecule has 0 aromatic rings. The van der Waals surface area contributed by atoms with Crippen molar-refractivity contribution in [1.29, 1.82) is 0 Å². The summed E-state index contributed by atoms with van der Waals surface area (Å²) in [6.07, 6.45) is 6.70. The van der Waals surface area contributed by atoms with E-state index in [1.807, 2.05) is 0 Å². The lowest BCUT2D eigenvalue weighted by Gasteiger charge is -2.39. The van der Waals surface area contributed by atoms with Crippen LogP contribution in [0.15, 0.2) is 0 Å². The van der Waals surface area contributed by atoms with E-state index in [-0.39, 0.29) is 5.54 Å². The van der Waals surface area contributed by atoms with Crippen molar-refractivity contribution in [2.24, 2.45) is 10.8 Å². The Kier molecular flexibility index (Phi) is 2.44. The summed E-state index contributed by atoms with van der Waals surface area (Å²) >= 11 is 0. The fourth-order valence-corrected chi connectivity index (χ4v) is 4.39. The molecular formula is C15H26FN. The van der Waals surface area contributed by atoms with Gasteiger partial charge in [0.25, 0.3) is 0 Å². The average molecular weight is 239 g/mol. The smallest absolute Gasteiger partial charge is 0.115 e. The van der Waals surface area contributed by atoms with Gasteiger partial charge in [-0.05, 0) is 42.9 Å². The van der Waals surface area contributed by atoms with Crippen molar-refractivity contribution in [3.63, 3.8) is 0 Å². The van der Waals surface area contributed by atoms with Crippen LogP contribution in [0.5, 0.6) is 0 Å². The molecule has 1 nitrogen and oxygen atoms in total. The van der Waals surface area contributed by atoms with Gasteiger partial charge < -0.3 is 0 Å². The van der Waals surface area contributed by atoms with Crippen molar-refractivity contribution >= 4 is 0 Å². The zero-order chi connectivity index (χ0) is 12.3. The number of alkyl halides is 1. The quantitative estimate of drug-likeness (QED) is 0.724. The van der Waals surface area contributed by atoms with Crippen LogP contribution in [-0.2, 0) is 0 Å². The third kappa shape index (κ3) is 1.93.